The number of hydrogen-bond donors (Lipinski definition) is 1. The van der Waals surface area contributed by atoms with Crippen LogP contribution in [0.5, 0.6) is 0 Å². The molecule has 1 fully saturated rings. The van der Waals surface area contributed by atoms with E-state index in [1.807, 2.05) is 12.4 Å². The van der Waals surface area contributed by atoms with Gasteiger partial charge in [0, 0.05) is 43.3 Å². The first kappa shape index (κ1) is 13.3. The number of anilines is 1. The summed E-state index contributed by atoms with van der Waals surface area (Å²) in [5.74, 6) is 0. The fourth-order valence-corrected chi connectivity index (χ4v) is 2.79. The van der Waals surface area contributed by atoms with Crippen LogP contribution in [0.2, 0.25) is 0 Å². The molecule has 3 heteroatoms. The molecule has 2 rings (SSSR count). The lowest BCUT2D eigenvalue weighted by Crippen LogP contribution is -2.30. The molecular weight excluding hydrogens is 222 g/mol. The Labute approximate surface area is 111 Å². The molecule has 0 spiro atoms. The molecule has 1 aliphatic rings. The van der Waals surface area contributed by atoms with Crippen molar-refractivity contribution in [2.75, 3.05) is 18.5 Å². The summed E-state index contributed by atoms with van der Waals surface area (Å²) >= 11 is 0. The molecule has 0 amide bonds. The third-order valence-corrected chi connectivity index (χ3v) is 3.87. The minimum Gasteiger partial charge on any atom is -0.371 e. The highest BCUT2D eigenvalue weighted by molar-refractivity contribution is 5.52. The average Bonchev–Trinajstić information content (AvgIpc) is 2.93. The molecule has 0 saturated heterocycles. The van der Waals surface area contributed by atoms with Crippen molar-refractivity contribution in [3.8, 4) is 0 Å². The monoisotopic (exact) mass is 247 g/mol. The van der Waals surface area contributed by atoms with Gasteiger partial charge in [0.05, 0.1) is 0 Å². The van der Waals surface area contributed by atoms with Crippen LogP contribution in [-0.2, 0) is 6.54 Å². The first-order chi connectivity index (χ1) is 8.83. The van der Waals surface area contributed by atoms with Crippen LogP contribution in [0.4, 0.5) is 5.69 Å². The molecule has 0 aromatic carbocycles. The molecule has 0 bridgehead atoms. The summed E-state index contributed by atoms with van der Waals surface area (Å²) in [6, 6.07) is 2.87. The third-order valence-electron chi connectivity index (χ3n) is 3.87. The predicted octanol–water partition coefficient (Wildman–Crippen LogP) is 2.96. The van der Waals surface area contributed by atoms with Crippen molar-refractivity contribution in [3.05, 3.63) is 24.0 Å². The highest BCUT2D eigenvalue weighted by Crippen LogP contribution is 2.28. The van der Waals surface area contributed by atoms with Gasteiger partial charge in [-0.25, -0.2) is 0 Å². The number of hydrogen-bond acceptors (Lipinski definition) is 3. The van der Waals surface area contributed by atoms with E-state index in [1.54, 1.807) is 0 Å². The first-order valence-corrected chi connectivity index (χ1v) is 7.19. The normalized spacial score (nSPS) is 16.1. The highest BCUT2D eigenvalue weighted by atomic mass is 15.1. The highest BCUT2D eigenvalue weighted by Gasteiger charge is 2.21. The van der Waals surface area contributed by atoms with Crippen LogP contribution in [0.1, 0.15) is 44.6 Å². The maximum absolute atomic E-state index is 4.27. The van der Waals surface area contributed by atoms with Crippen LogP contribution in [-0.4, -0.2) is 24.6 Å². The van der Waals surface area contributed by atoms with E-state index in [-0.39, 0.29) is 0 Å². The van der Waals surface area contributed by atoms with Crippen molar-refractivity contribution in [1.29, 1.82) is 0 Å². The number of nitrogens with zero attached hydrogens (tertiary/aromatic N) is 2. The van der Waals surface area contributed by atoms with Crippen molar-refractivity contribution in [2.45, 2.75) is 51.6 Å². The number of aromatic nitrogens is 1. The summed E-state index contributed by atoms with van der Waals surface area (Å²) in [7, 11) is 2.23. The zero-order valence-electron chi connectivity index (χ0n) is 11.7. The lowest BCUT2D eigenvalue weighted by Gasteiger charge is -2.28. The largest absolute Gasteiger partial charge is 0.371 e. The molecule has 18 heavy (non-hydrogen) atoms. The minimum atomic E-state index is 0.720. The molecule has 0 radical (unpaired) electrons. The molecule has 1 N–H and O–H groups in total. The quantitative estimate of drug-likeness (QED) is 0.783. The van der Waals surface area contributed by atoms with Gasteiger partial charge in [-0.3, -0.25) is 4.98 Å². The van der Waals surface area contributed by atoms with E-state index in [9.17, 15) is 0 Å². The molecule has 100 valence electrons. The van der Waals surface area contributed by atoms with Gasteiger partial charge in [0.15, 0.2) is 0 Å². The van der Waals surface area contributed by atoms with Crippen LogP contribution >= 0.6 is 0 Å². The van der Waals surface area contributed by atoms with Gasteiger partial charge in [-0.05, 0) is 31.9 Å². The van der Waals surface area contributed by atoms with Crippen molar-refractivity contribution >= 4 is 5.69 Å². The second kappa shape index (κ2) is 6.74. The molecular formula is C15H25N3. The van der Waals surface area contributed by atoms with Crippen molar-refractivity contribution < 1.29 is 0 Å². The zero-order chi connectivity index (χ0) is 12.8. The molecule has 1 saturated carbocycles. The van der Waals surface area contributed by atoms with Gasteiger partial charge in [-0.15, -0.1) is 0 Å². The van der Waals surface area contributed by atoms with E-state index in [0.717, 1.165) is 19.1 Å². The number of pyridine rings is 1. The Bertz CT molecular complexity index is 359. The molecule has 0 aliphatic heterocycles. The van der Waals surface area contributed by atoms with Gasteiger partial charge >= 0.3 is 0 Å². The van der Waals surface area contributed by atoms with Crippen LogP contribution in [0, 0.1) is 0 Å². The van der Waals surface area contributed by atoms with Gasteiger partial charge in [-0.1, -0.05) is 19.8 Å². The maximum atomic E-state index is 4.27. The second-order valence-corrected chi connectivity index (χ2v) is 5.23. The molecule has 1 aliphatic carbocycles. The van der Waals surface area contributed by atoms with Crippen LogP contribution in [0.3, 0.4) is 0 Å². The molecule has 1 heterocycles. The van der Waals surface area contributed by atoms with E-state index < -0.39 is 0 Å². The van der Waals surface area contributed by atoms with E-state index in [0.29, 0.717) is 0 Å². The molecule has 1 aromatic rings. The number of nitrogens with one attached hydrogen (secondary N) is 1. The lowest BCUT2D eigenvalue weighted by atomic mass is 10.1. The Morgan fingerprint density at radius 1 is 1.39 bits per heavy atom. The lowest BCUT2D eigenvalue weighted by molar-refractivity contribution is 0.638. The SMILES string of the molecule is CCCNCc1cnccc1N(C)C1CCCC1. The summed E-state index contributed by atoms with van der Waals surface area (Å²) in [6.45, 7) is 4.19. The minimum absolute atomic E-state index is 0.720. The van der Waals surface area contributed by atoms with E-state index in [1.165, 1.54) is 43.4 Å². The smallest absolute Gasteiger partial charge is 0.0442 e. The van der Waals surface area contributed by atoms with Crippen molar-refractivity contribution in [1.82, 2.24) is 10.3 Å². The maximum Gasteiger partial charge on any atom is 0.0442 e. The van der Waals surface area contributed by atoms with Gasteiger partial charge < -0.3 is 10.2 Å². The Morgan fingerprint density at radius 3 is 2.89 bits per heavy atom. The summed E-state index contributed by atoms with van der Waals surface area (Å²) in [6.07, 6.45) is 10.5. The van der Waals surface area contributed by atoms with E-state index in [2.05, 4.69) is 35.2 Å². The first-order valence-electron chi connectivity index (χ1n) is 7.19. The van der Waals surface area contributed by atoms with Gasteiger partial charge in [0.2, 0.25) is 0 Å². The topological polar surface area (TPSA) is 28.2 Å². The summed E-state index contributed by atoms with van der Waals surface area (Å²) in [5.41, 5.74) is 2.67. The van der Waals surface area contributed by atoms with Gasteiger partial charge in [0.1, 0.15) is 0 Å². The van der Waals surface area contributed by atoms with E-state index >= 15 is 0 Å². The summed E-state index contributed by atoms with van der Waals surface area (Å²) in [4.78, 5) is 6.72. The summed E-state index contributed by atoms with van der Waals surface area (Å²) < 4.78 is 0. The van der Waals surface area contributed by atoms with Gasteiger partial charge in [-0.2, -0.15) is 0 Å². The third kappa shape index (κ3) is 3.22. The summed E-state index contributed by atoms with van der Waals surface area (Å²) in [5, 5.41) is 3.47. The average molecular weight is 247 g/mol. The Morgan fingerprint density at radius 2 is 2.17 bits per heavy atom. The van der Waals surface area contributed by atoms with Crippen molar-refractivity contribution in [2.24, 2.45) is 0 Å². The van der Waals surface area contributed by atoms with E-state index in [4.69, 9.17) is 0 Å². The van der Waals surface area contributed by atoms with Crippen LogP contribution in [0.15, 0.2) is 18.5 Å². The predicted molar refractivity (Wildman–Crippen MR) is 76.9 cm³/mol. The van der Waals surface area contributed by atoms with Crippen LogP contribution < -0.4 is 10.2 Å². The van der Waals surface area contributed by atoms with Crippen molar-refractivity contribution in [3.63, 3.8) is 0 Å². The molecule has 1 aromatic heterocycles. The Kier molecular flexibility index (Phi) is 5.00. The number of rotatable bonds is 6. The van der Waals surface area contributed by atoms with Crippen LogP contribution in [0.25, 0.3) is 0 Å². The second-order valence-electron chi connectivity index (χ2n) is 5.23. The Balaban J connectivity index is 2.05. The molecule has 3 nitrogen and oxygen atoms in total. The fraction of sp³-hybridized carbons (Fsp3) is 0.667. The standard InChI is InChI=1S/C15H25N3/c1-3-9-16-11-13-12-17-10-8-15(13)18(2)14-6-4-5-7-14/h8,10,12,14,16H,3-7,9,11H2,1-2H3. The zero-order valence-corrected chi connectivity index (χ0v) is 11.7. The fourth-order valence-electron chi connectivity index (χ4n) is 2.79. The van der Waals surface area contributed by atoms with Gasteiger partial charge in [0.25, 0.3) is 0 Å². The molecule has 0 unspecified atom stereocenters. The Hall–Kier alpha value is -1.09. The molecule has 0 atom stereocenters.